The Morgan fingerprint density at radius 1 is 1.48 bits per heavy atom. The summed E-state index contributed by atoms with van der Waals surface area (Å²) in [5.41, 5.74) is -0.840. The van der Waals surface area contributed by atoms with E-state index in [0.717, 1.165) is 24.6 Å². The van der Waals surface area contributed by atoms with Crippen LogP contribution in [0.3, 0.4) is 0 Å². The average Bonchev–Trinajstić information content (AvgIpc) is 2.91. The molecule has 1 aromatic rings. The maximum absolute atomic E-state index is 12.7. The van der Waals surface area contributed by atoms with Gasteiger partial charge in [-0.25, -0.2) is 4.98 Å². The molecule has 1 aliphatic rings. The zero-order valence-electron chi connectivity index (χ0n) is 13.2. The van der Waals surface area contributed by atoms with Crippen molar-refractivity contribution in [2.24, 2.45) is 4.99 Å². The van der Waals surface area contributed by atoms with Crippen molar-refractivity contribution in [1.29, 1.82) is 0 Å². The molecule has 1 atom stereocenters. The predicted molar refractivity (Wildman–Crippen MR) is 85.0 cm³/mol. The Labute approximate surface area is 138 Å². The lowest BCUT2D eigenvalue weighted by atomic mass is 10.2. The fourth-order valence-corrected chi connectivity index (χ4v) is 2.75. The normalized spacial score (nSPS) is 19.2. The summed E-state index contributed by atoms with van der Waals surface area (Å²) in [7, 11) is 5.47. The number of guanidine groups is 1. The Balaban J connectivity index is 2.07. The van der Waals surface area contributed by atoms with E-state index >= 15 is 0 Å². The predicted octanol–water partition coefficient (Wildman–Crippen LogP) is 2.47. The Bertz CT molecular complexity index is 588. The van der Waals surface area contributed by atoms with Crippen LogP contribution in [-0.4, -0.2) is 56.1 Å². The van der Waals surface area contributed by atoms with Gasteiger partial charge in [0.1, 0.15) is 5.82 Å². The molecule has 1 unspecified atom stereocenters. The molecule has 0 saturated carbocycles. The Morgan fingerprint density at radius 2 is 2.17 bits per heavy atom. The zero-order valence-corrected chi connectivity index (χ0v) is 13.9. The summed E-state index contributed by atoms with van der Waals surface area (Å²) < 4.78 is 38.0. The molecule has 0 aromatic carbocycles. The first-order valence-corrected chi connectivity index (χ1v) is 7.48. The molecule has 0 aliphatic carbocycles. The molecule has 5 nitrogen and oxygen atoms in total. The van der Waals surface area contributed by atoms with Gasteiger partial charge in [-0.1, -0.05) is 11.6 Å². The second-order valence-electron chi connectivity index (χ2n) is 5.54. The highest BCUT2D eigenvalue weighted by atomic mass is 35.5. The number of aromatic nitrogens is 1. The van der Waals surface area contributed by atoms with E-state index in [1.807, 2.05) is 23.9 Å². The first kappa shape index (κ1) is 17.7. The molecular weight excluding hydrogens is 331 g/mol. The van der Waals surface area contributed by atoms with Gasteiger partial charge in [-0.15, -0.1) is 0 Å². The quantitative estimate of drug-likeness (QED) is 0.658. The number of anilines is 1. The molecule has 0 bridgehead atoms. The summed E-state index contributed by atoms with van der Waals surface area (Å²) >= 11 is 5.99. The fraction of sp³-hybridized carbons (Fsp3) is 0.571. The lowest BCUT2D eigenvalue weighted by Gasteiger charge is -2.23. The number of alkyl halides is 3. The molecule has 9 heteroatoms. The van der Waals surface area contributed by atoms with Crippen molar-refractivity contribution in [3.63, 3.8) is 0 Å². The van der Waals surface area contributed by atoms with Gasteiger partial charge in [0.05, 0.1) is 10.6 Å². The van der Waals surface area contributed by atoms with E-state index in [0.29, 0.717) is 18.9 Å². The molecule has 1 saturated heterocycles. The maximum atomic E-state index is 12.7. The molecule has 128 valence electrons. The third-order valence-electron chi connectivity index (χ3n) is 3.61. The number of rotatable bonds is 2. The number of halogens is 4. The molecule has 0 spiro atoms. The van der Waals surface area contributed by atoms with Gasteiger partial charge in [0.15, 0.2) is 5.96 Å². The Morgan fingerprint density at radius 3 is 2.70 bits per heavy atom. The van der Waals surface area contributed by atoms with E-state index in [1.165, 1.54) is 0 Å². The Kier molecular flexibility index (Phi) is 5.23. The summed E-state index contributed by atoms with van der Waals surface area (Å²) in [5.74, 6) is 1.13. The summed E-state index contributed by atoms with van der Waals surface area (Å²) in [4.78, 5) is 11.8. The van der Waals surface area contributed by atoms with Gasteiger partial charge in [0.25, 0.3) is 0 Å². The standard InChI is InChI=1S/C14H19ClF3N5/c1-19-13(22(2)3)21-10-4-5-23(8-10)12-11(15)6-9(7-20-12)14(16,17)18/h6-7,10H,4-5,8H2,1-3H3,(H,19,21). The number of nitrogens with one attached hydrogen (secondary N) is 1. The van der Waals surface area contributed by atoms with Gasteiger partial charge in [0, 0.05) is 46.5 Å². The summed E-state index contributed by atoms with van der Waals surface area (Å²) in [6.07, 6.45) is -2.80. The van der Waals surface area contributed by atoms with Crippen LogP contribution in [0, 0.1) is 0 Å². The van der Waals surface area contributed by atoms with Gasteiger partial charge in [-0.3, -0.25) is 4.99 Å². The van der Waals surface area contributed by atoms with E-state index in [2.05, 4.69) is 15.3 Å². The van der Waals surface area contributed by atoms with Crippen LogP contribution in [0.1, 0.15) is 12.0 Å². The number of hydrogen-bond donors (Lipinski definition) is 1. The molecule has 1 fully saturated rings. The number of hydrogen-bond acceptors (Lipinski definition) is 3. The van der Waals surface area contributed by atoms with E-state index in [9.17, 15) is 13.2 Å². The second kappa shape index (κ2) is 6.82. The van der Waals surface area contributed by atoms with Crippen LogP contribution in [0.2, 0.25) is 5.02 Å². The highest BCUT2D eigenvalue weighted by molar-refractivity contribution is 6.33. The topological polar surface area (TPSA) is 43.8 Å². The van der Waals surface area contributed by atoms with E-state index < -0.39 is 11.7 Å². The van der Waals surface area contributed by atoms with Crippen LogP contribution >= 0.6 is 11.6 Å². The zero-order chi connectivity index (χ0) is 17.2. The molecule has 2 heterocycles. The average molecular weight is 350 g/mol. The van der Waals surface area contributed by atoms with Crippen LogP contribution in [0.15, 0.2) is 17.3 Å². The van der Waals surface area contributed by atoms with Gasteiger partial charge in [-0.05, 0) is 12.5 Å². The molecule has 2 rings (SSSR count). The van der Waals surface area contributed by atoms with Gasteiger partial charge >= 0.3 is 6.18 Å². The van der Waals surface area contributed by atoms with Crippen molar-refractivity contribution in [3.05, 3.63) is 22.8 Å². The molecule has 23 heavy (non-hydrogen) atoms. The van der Waals surface area contributed by atoms with E-state index in [4.69, 9.17) is 11.6 Å². The van der Waals surface area contributed by atoms with Crippen molar-refractivity contribution in [2.75, 3.05) is 39.1 Å². The van der Waals surface area contributed by atoms with Gasteiger partial charge < -0.3 is 15.1 Å². The van der Waals surface area contributed by atoms with Crippen LogP contribution in [0.25, 0.3) is 0 Å². The molecule has 1 aromatic heterocycles. The minimum absolute atomic E-state index is 0.0115. The summed E-state index contributed by atoms with van der Waals surface area (Å²) in [6.45, 7) is 1.27. The van der Waals surface area contributed by atoms with Crippen molar-refractivity contribution < 1.29 is 13.2 Å². The number of nitrogens with zero attached hydrogens (tertiary/aromatic N) is 4. The molecule has 1 aliphatic heterocycles. The first-order valence-electron chi connectivity index (χ1n) is 7.10. The second-order valence-corrected chi connectivity index (χ2v) is 5.95. The van der Waals surface area contributed by atoms with Gasteiger partial charge in [-0.2, -0.15) is 13.2 Å². The third-order valence-corrected chi connectivity index (χ3v) is 3.88. The van der Waals surface area contributed by atoms with Crippen molar-refractivity contribution >= 4 is 23.4 Å². The van der Waals surface area contributed by atoms with E-state index in [-0.39, 0.29) is 11.1 Å². The van der Waals surface area contributed by atoms with Crippen LogP contribution < -0.4 is 10.2 Å². The van der Waals surface area contributed by atoms with Gasteiger partial charge in [0.2, 0.25) is 0 Å². The molecule has 0 radical (unpaired) electrons. The van der Waals surface area contributed by atoms with E-state index in [1.54, 1.807) is 7.05 Å². The lowest BCUT2D eigenvalue weighted by molar-refractivity contribution is -0.137. The number of aliphatic imine (C=N–C) groups is 1. The third kappa shape index (κ3) is 4.19. The smallest absolute Gasteiger partial charge is 0.353 e. The minimum Gasteiger partial charge on any atom is -0.353 e. The van der Waals surface area contributed by atoms with Crippen molar-refractivity contribution in [2.45, 2.75) is 18.6 Å². The van der Waals surface area contributed by atoms with Crippen LogP contribution in [-0.2, 0) is 6.18 Å². The lowest BCUT2D eigenvalue weighted by Crippen LogP contribution is -2.44. The SMILES string of the molecule is CN=C(NC1CCN(c2ncc(C(F)(F)F)cc2Cl)C1)N(C)C. The highest BCUT2D eigenvalue weighted by Crippen LogP contribution is 2.34. The molecular formula is C14H19ClF3N5. The Hall–Kier alpha value is -1.70. The molecule has 1 N–H and O–H groups in total. The number of pyridine rings is 1. The minimum atomic E-state index is -4.44. The first-order chi connectivity index (χ1) is 10.7. The maximum Gasteiger partial charge on any atom is 0.417 e. The fourth-order valence-electron chi connectivity index (χ4n) is 2.47. The summed E-state index contributed by atoms with van der Waals surface area (Å²) in [6, 6.07) is 1.06. The largest absolute Gasteiger partial charge is 0.417 e. The molecule has 0 amide bonds. The van der Waals surface area contributed by atoms with Crippen molar-refractivity contribution in [3.8, 4) is 0 Å². The van der Waals surface area contributed by atoms with Crippen LogP contribution in [0.4, 0.5) is 19.0 Å². The summed E-state index contributed by atoms with van der Waals surface area (Å²) in [5, 5.41) is 3.31. The van der Waals surface area contributed by atoms with Crippen molar-refractivity contribution in [1.82, 2.24) is 15.2 Å². The van der Waals surface area contributed by atoms with Crippen LogP contribution in [0.5, 0.6) is 0 Å². The highest BCUT2D eigenvalue weighted by Gasteiger charge is 2.33. The monoisotopic (exact) mass is 349 g/mol.